The van der Waals surface area contributed by atoms with E-state index in [4.69, 9.17) is 0 Å². The van der Waals surface area contributed by atoms with E-state index in [-0.39, 0.29) is 0 Å². The molecule has 0 spiro atoms. The molecule has 218 valence electrons. The molecule has 0 aliphatic carbocycles. The van der Waals surface area contributed by atoms with Gasteiger partial charge in [0.2, 0.25) is 0 Å². The highest BCUT2D eigenvalue weighted by molar-refractivity contribution is 9.11. The summed E-state index contributed by atoms with van der Waals surface area (Å²) < 4.78 is 5.40. The van der Waals surface area contributed by atoms with Gasteiger partial charge in [0, 0.05) is 24.9 Å². The van der Waals surface area contributed by atoms with Crippen LogP contribution >= 0.6 is 54.5 Å². The van der Waals surface area contributed by atoms with Crippen molar-refractivity contribution in [1.29, 1.82) is 0 Å². The molecule has 0 atom stereocenters. The minimum atomic E-state index is -1.67. The van der Waals surface area contributed by atoms with E-state index in [9.17, 15) is 0 Å². The van der Waals surface area contributed by atoms with Crippen molar-refractivity contribution < 1.29 is 0 Å². The summed E-state index contributed by atoms with van der Waals surface area (Å²) in [6.45, 7) is 29.2. The zero-order valence-electron chi connectivity index (χ0n) is 26.5. The molecule has 3 aromatic rings. The van der Waals surface area contributed by atoms with E-state index < -0.39 is 16.1 Å². The number of thiophene rings is 2. The molecule has 1 aromatic carbocycles. The Balaban J connectivity index is 1.98. The molecule has 2 heterocycles. The lowest BCUT2D eigenvalue weighted by molar-refractivity contribution is 0.837. The van der Waals surface area contributed by atoms with Gasteiger partial charge in [-0.15, -0.1) is 22.7 Å². The van der Waals surface area contributed by atoms with Gasteiger partial charge in [0.05, 0.1) is 4.88 Å². The molecule has 0 saturated carbocycles. The number of halogens is 2. The highest BCUT2D eigenvalue weighted by atomic mass is 79.9. The van der Waals surface area contributed by atoms with E-state index in [1.807, 2.05) is 22.7 Å². The lowest BCUT2D eigenvalue weighted by atomic mass is 10.1. The summed E-state index contributed by atoms with van der Waals surface area (Å²) in [6, 6.07) is 13.9. The fourth-order valence-electron chi connectivity index (χ4n) is 8.02. The first-order valence-corrected chi connectivity index (χ1v) is 22.5. The monoisotopic (exact) mass is 734 g/mol. The molecule has 40 heavy (non-hydrogen) atoms. The van der Waals surface area contributed by atoms with E-state index in [1.54, 1.807) is 9.00 Å². The molecule has 0 bridgehead atoms. The Morgan fingerprint density at radius 1 is 0.550 bits per heavy atom. The van der Waals surface area contributed by atoms with Crippen molar-refractivity contribution >= 4 is 79.7 Å². The van der Waals surface area contributed by atoms with Gasteiger partial charge in [-0.3, -0.25) is 0 Å². The molecule has 0 nitrogen and oxygen atoms in total. The van der Waals surface area contributed by atoms with Gasteiger partial charge in [0.25, 0.3) is 0 Å². The van der Waals surface area contributed by atoms with Crippen molar-refractivity contribution in [2.24, 2.45) is 0 Å². The second kappa shape index (κ2) is 13.5. The van der Waals surface area contributed by atoms with E-state index in [2.05, 4.69) is 163 Å². The first kappa shape index (κ1) is 34.1. The first-order valence-electron chi connectivity index (χ1n) is 14.8. The SMILES string of the molecule is CC(C)[Si](c1ccc(C#Cc2cc(Br)c(-c3ccc([Si](C(C)C)(C(C)C)C(C)C)s3)cc2Br)s1)(C(C)C)C(C)C. The van der Waals surface area contributed by atoms with Gasteiger partial charge >= 0.3 is 0 Å². The third kappa shape index (κ3) is 6.13. The highest BCUT2D eigenvalue weighted by Gasteiger charge is 2.46. The van der Waals surface area contributed by atoms with Crippen LogP contribution in [-0.4, -0.2) is 16.1 Å². The second-order valence-corrected chi connectivity index (χ2v) is 29.5. The summed E-state index contributed by atoms with van der Waals surface area (Å²) in [5, 5.41) is 0. The average Bonchev–Trinajstić information content (AvgIpc) is 3.49. The standard InChI is InChI=1S/C34H48Br2S2Si2/c1-21(2)39(22(3)4,23(5)6)33-17-15-28(37-33)14-13-27-19-31(36)29(20-30(27)35)32-16-18-34(38-32)40(24(7)8,25(9)10)26(11)12/h15-26H,1-12H3. The summed E-state index contributed by atoms with van der Waals surface area (Å²) in [5.41, 5.74) is 6.51. The predicted molar refractivity (Wildman–Crippen MR) is 197 cm³/mol. The van der Waals surface area contributed by atoms with Crippen molar-refractivity contribution in [3.05, 3.63) is 55.8 Å². The number of rotatable bonds is 9. The van der Waals surface area contributed by atoms with Gasteiger partial charge in [0.15, 0.2) is 0 Å². The van der Waals surface area contributed by atoms with Crippen LogP contribution in [0.3, 0.4) is 0 Å². The van der Waals surface area contributed by atoms with Gasteiger partial charge in [0.1, 0.15) is 16.1 Å². The Hall–Kier alpha value is -0.426. The zero-order valence-corrected chi connectivity index (χ0v) is 33.3. The minimum Gasteiger partial charge on any atom is -0.145 e. The molecule has 3 rings (SSSR count). The van der Waals surface area contributed by atoms with Crippen molar-refractivity contribution in [1.82, 2.24) is 0 Å². The molecule has 0 N–H and O–H groups in total. The average molecular weight is 737 g/mol. The molecule has 0 amide bonds. The van der Waals surface area contributed by atoms with Crippen LogP contribution in [0.25, 0.3) is 10.4 Å². The van der Waals surface area contributed by atoms with Crippen LogP contribution in [0.15, 0.2) is 45.3 Å². The third-order valence-electron chi connectivity index (χ3n) is 9.44. The molecular weight excluding hydrogens is 688 g/mol. The first-order chi connectivity index (χ1) is 18.6. The quantitative estimate of drug-likeness (QED) is 0.152. The fourth-order valence-corrected chi connectivity index (χ4v) is 29.0. The summed E-state index contributed by atoms with van der Waals surface area (Å²) in [7, 11) is -3.32. The largest absolute Gasteiger partial charge is 0.145 e. The Labute approximate surface area is 272 Å². The molecule has 0 saturated heterocycles. The zero-order chi connectivity index (χ0) is 30.2. The molecular formula is C34H48Br2S2Si2. The van der Waals surface area contributed by atoms with Gasteiger partial charge < -0.3 is 0 Å². The molecule has 0 fully saturated rings. The minimum absolute atomic E-state index is 0.705. The summed E-state index contributed by atoms with van der Waals surface area (Å²) in [5.74, 6) is 6.99. The van der Waals surface area contributed by atoms with Crippen molar-refractivity contribution in [2.45, 2.75) is 116 Å². The summed E-state index contributed by atoms with van der Waals surface area (Å²) in [4.78, 5) is 2.50. The van der Waals surface area contributed by atoms with Crippen LogP contribution < -0.4 is 9.00 Å². The topological polar surface area (TPSA) is 0 Å². The molecule has 0 aliphatic heterocycles. The van der Waals surface area contributed by atoms with Crippen molar-refractivity contribution in [3.8, 4) is 22.3 Å². The molecule has 2 aromatic heterocycles. The summed E-state index contributed by atoms with van der Waals surface area (Å²) >= 11 is 11.7. The molecule has 0 unspecified atom stereocenters. The van der Waals surface area contributed by atoms with Gasteiger partial charge in [-0.2, -0.15) is 0 Å². The van der Waals surface area contributed by atoms with Crippen LogP contribution in [0.2, 0.25) is 33.2 Å². The smallest absolute Gasteiger partial charge is 0.107 e. The van der Waals surface area contributed by atoms with Gasteiger partial charge in [-0.1, -0.05) is 123 Å². The van der Waals surface area contributed by atoms with Crippen LogP contribution in [0.1, 0.15) is 93.5 Å². The highest BCUT2D eigenvalue weighted by Crippen LogP contribution is 2.45. The van der Waals surface area contributed by atoms with Crippen LogP contribution in [0.5, 0.6) is 0 Å². The Morgan fingerprint density at radius 2 is 1.00 bits per heavy atom. The number of hydrogen-bond donors (Lipinski definition) is 0. The van der Waals surface area contributed by atoms with E-state index in [1.165, 1.54) is 15.3 Å². The molecule has 0 aliphatic rings. The Morgan fingerprint density at radius 3 is 1.48 bits per heavy atom. The van der Waals surface area contributed by atoms with Crippen LogP contribution in [0.4, 0.5) is 0 Å². The third-order valence-corrected chi connectivity index (χ3v) is 28.7. The maximum atomic E-state index is 3.91. The number of benzene rings is 1. The Kier molecular flexibility index (Phi) is 11.5. The van der Waals surface area contributed by atoms with Crippen molar-refractivity contribution in [3.63, 3.8) is 0 Å². The lowest BCUT2D eigenvalue weighted by Crippen LogP contribution is -2.54. The van der Waals surface area contributed by atoms with E-state index in [0.29, 0.717) is 33.2 Å². The molecule has 6 heteroatoms. The van der Waals surface area contributed by atoms with E-state index in [0.717, 1.165) is 14.5 Å². The predicted octanol–water partition coefficient (Wildman–Crippen LogP) is 12.2. The number of hydrogen-bond acceptors (Lipinski definition) is 2. The Bertz CT molecular complexity index is 1320. The maximum Gasteiger partial charge on any atom is 0.107 e. The van der Waals surface area contributed by atoms with E-state index >= 15 is 0 Å². The van der Waals surface area contributed by atoms with Crippen LogP contribution in [0, 0.1) is 11.8 Å². The maximum absolute atomic E-state index is 3.91. The molecule has 0 radical (unpaired) electrons. The van der Waals surface area contributed by atoms with Gasteiger partial charge in [-0.25, -0.2) is 0 Å². The summed E-state index contributed by atoms with van der Waals surface area (Å²) in [6.07, 6.45) is 0. The van der Waals surface area contributed by atoms with Crippen LogP contribution in [-0.2, 0) is 0 Å². The normalized spacial score (nSPS) is 12.9. The fraction of sp³-hybridized carbons (Fsp3) is 0.529. The second-order valence-electron chi connectivity index (χ2n) is 13.2. The van der Waals surface area contributed by atoms with Crippen molar-refractivity contribution in [2.75, 3.05) is 0 Å². The lowest BCUT2D eigenvalue weighted by Gasteiger charge is -2.42. The van der Waals surface area contributed by atoms with Gasteiger partial charge in [-0.05, 0) is 82.4 Å².